The van der Waals surface area contributed by atoms with Crippen molar-refractivity contribution in [3.05, 3.63) is 16.1 Å². The summed E-state index contributed by atoms with van der Waals surface area (Å²) in [5, 5.41) is 14.2. The first-order valence-electron chi connectivity index (χ1n) is 6.34. The Bertz CT molecular complexity index is 539. The van der Waals surface area contributed by atoms with Crippen LogP contribution in [-0.4, -0.2) is 44.7 Å². The molecule has 9 heteroatoms. The van der Waals surface area contributed by atoms with E-state index in [4.69, 9.17) is 5.14 Å². The van der Waals surface area contributed by atoms with Crippen molar-refractivity contribution in [3.8, 4) is 0 Å². The number of thiazole rings is 1. The van der Waals surface area contributed by atoms with Gasteiger partial charge in [0.1, 0.15) is 0 Å². The van der Waals surface area contributed by atoms with E-state index in [2.05, 4.69) is 20.6 Å². The summed E-state index contributed by atoms with van der Waals surface area (Å²) in [5.41, 5.74) is 1.04. The van der Waals surface area contributed by atoms with Crippen LogP contribution in [0.2, 0.25) is 0 Å². The molecule has 0 aliphatic heterocycles. The summed E-state index contributed by atoms with van der Waals surface area (Å²) >= 11 is 1.62. The molecule has 1 heterocycles. The molecule has 0 aliphatic carbocycles. The van der Waals surface area contributed by atoms with Crippen molar-refractivity contribution in [1.29, 1.82) is 0 Å². The molecule has 4 N–H and O–H groups in total. The smallest absolute Gasteiger partial charge is 0.210 e. The lowest BCUT2D eigenvalue weighted by molar-refractivity contribution is 0.597. The Kier molecular flexibility index (Phi) is 6.89. The first-order valence-corrected chi connectivity index (χ1v) is 8.94. The average molecular weight is 319 g/mol. The van der Waals surface area contributed by atoms with E-state index in [0.717, 1.165) is 17.1 Å². The van der Waals surface area contributed by atoms with Crippen LogP contribution in [0.5, 0.6) is 0 Å². The number of sulfonamides is 1. The van der Waals surface area contributed by atoms with Crippen LogP contribution in [0, 0.1) is 6.92 Å². The standard InChI is InChI=1S/C11H21N5O2S2/c1-3-13-11(15-6-7-20(12,17)18)14-5-4-10-8-19-9(2)16-10/h8H,3-7H2,1-2H3,(H2,12,17,18)(H2,13,14,15). The van der Waals surface area contributed by atoms with Crippen LogP contribution >= 0.6 is 11.3 Å². The zero-order chi connectivity index (χ0) is 15.0. The van der Waals surface area contributed by atoms with Crippen molar-refractivity contribution in [2.45, 2.75) is 20.3 Å². The second-order valence-electron chi connectivity index (χ2n) is 4.16. The van der Waals surface area contributed by atoms with Crippen molar-refractivity contribution in [3.63, 3.8) is 0 Å². The van der Waals surface area contributed by atoms with Crippen molar-refractivity contribution in [2.24, 2.45) is 10.1 Å². The van der Waals surface area contributed by atoms with Crippen molar-refractivity contribution < 1.29 is 8.42 Å². The molecule has 7 nitrogen and oxygen atoms in total. The number of aromatic nitrogens is 1. The fraction of sp³-hybridized carbons (Fsp3) is 0.636. The highest BCUT2D eigenvalue weighted by Gasteiger charge is 2.03. The topological polar surface area (TPSA) is 109 Å². The first-order chi connectivity index (χ1) is 9.40. The van der Waals surface area contributed by atoms with E-state index in [9.17, 15) is 8.42 Å². The minimum Gasteiger partial charge on any atom is -0.357 e. The lowest BCUT2D eigenvalue weighted by atomic mass is 10.3. The number of hydrogen-bond acceptors (Lipinski definition) is 5. The molecule has 0 radical (unpaired) electrons. The summed E-state index contributed by atoms with van der Waals surface area (Å²) in [7, 11) is -3.47. The summed E-state index contributed by atoms with van der Waals surface area (Å²) in [6.45, 7) is 5.45. The fourth-order valence-electron chi connectivity index (χ4n) is 1.46. The summed E-state index contributed by atoms with van der Waals surface area (Å²) in [6.07, 6.45) is 0.796. The van der Waals surface area contributed by atoms with Gasteiger partial charge in [0.25, 0.3) is 0 Å². The van der Waals surface area contributed by atoms with Gasteiger partial charge < -0.3 is 10.6 Å². The molecule has 0 amide bonds. The minimum atomic E-state index is -3.47. The Morgan fingerprint density at radius 1 is 1.50 bits per heavy atom. The van der Waals surface area contributed by atoms with Gasteiger partial charge in [0, 0.05) is 24.9 Å². The SMILES string of the molecule is CCNC(=NCCS(N)(=O)=O)NCCc1csc(C)n1. The molecule has 0 saturated carbocycles. The van der Waals surface area contributed by atoms with Gasteiger partial charge in [0.2, 0.25) is 10.0 Å². The monoisotopic (exact) mass is 319 g/mol. The lowest BCUT2D eigenvalue weighted by Gasteiger charge is -2.10. The Hall–Kier alpha value is -1.19. The van der Waals surface area contributed by atoms with Crippen LogP contribution in [0.25, 0.3) is 0 Å². The molecule has 20 heavy (non-hydrogen) atoms. The molecule has 0 aromatic carbocycles. The third kappa shape index (κ3) is 7.41. The van der Waals surface area contributed by atoms with Gasteiger partial charge in [0.15, 0.2) is 5.96 Å². The number of nitrogens with one attached hydrogen (secondary N) is 2. The van der Waals surface area contributed by atoms with Crippen molar-refractivity contribution >= 4 is 27.3 Å². The molecule has 0 saturated heterocycles. The summed E-state index contributed by atoms with van der Waals surface area (Å²) in [4.78, 5) is 8.52. The highest BCUT2D eigenvalue weighted by atomic mass is 32.2. The van der Waals surface area contributed by atoms with E-state index in [0.29, 0.717) is 19.0 Å². The highest BCUT2D eigenvalue weighted by Crippen LogP contribution is 2.07. The van der Waals surface area contributed by atoms with Gasteiger partial charge in [-0.1, -0.05) is 0 Å². The van der Waals surface area contributed by atoms with Crippen LogP contribution in [0.15, 0.2) is 10.4 Å². The van der Waals surface area contributed by atoms with Gasteiger partial charge in [-0.2, -0.15) is 0 Å². The largest absolute Gasteiger partial charge is 0.357 e. The van der Waals surface area contributed by atoms with Crippen molar-refractivity contribution in [1.82, 2.24) is 15.6 Å². The normalized spacial score (nSPS) is 12.4. The Labute approximate surface area is 123 Å². The molecule has 114 valence electrons. The maximum Gasteiger partial charge on any atom is 0.210 e. The summed E-state index contributed by atoms with van der Waals surface area (Å²) in [5.74, 6) is 0.428. The second kappa shape index (κ2) is 8.18. The Morgan fingerprint density at radius 2 is 2.25 bits per heavy atom. The van der Waals surface area contributed by atoms with Crippen LogP contribution in [-0.2, 0) is 16.4 Å². The van der Waals surface area contributed by atoms with Gasteiger partial charge in [0.05, 0.1) is 23.0 Å². The second-order valence-corrected chi connectivity index (χ2v) is 6.96. The van der Waals surface area contributed by atoms with E-state index in [1.165, 1.54) is 0 Å². The molecule has 0 aliphatic rings. The van der Waals surface area contributed by atoms with E-state index in [1.807, 2.05) is 19.2 Å². The zero-order valence-corrected chi connectivity index (χ0v) is 13.4. The van der Waals surface area contributed by atoms with Gasteiger partial charge in [-0.15, -0.1) is 11.3 Å². The summed E-state index contributed by atoms with van der Waals surface area (Å²) in [6, 6.07) is 0. The Balaban J connectivity index is 2.40. The van der Waals surface area contributed by atoms with Gasteiger partial charge in [-0.3, -0.25) is 4.99 Å². The number of guanidine groups is 1. The number of primary sulfonamides is 1. The van der Waals surface area contributed by atoms with E-state index in [-0.39, 0.29) is 12.3 Å². The van der Waals surface area contributed by atoms with Gasteiger partial charge in [-0.25, -0.2) is 18.5 Å². The number of rotatable bonds is 7. The third-order valence-electron chi connectivity index (χ3n) is 2.33. The quantitative estimate of drug-likeness (QED) is 0.478. The predicted molar refractivity (Wildman–Crippen MR) is 82.5 cm³/mol. The first kappa shape index (κ1) is 16.9. The maximum atomic E-state index is 10.8. The highest BCUT2D eigenvalue weighted by molar-refractivity contribution is 7.89. The molecule has 1 aromatic heterocycles. The maximum absolute atomic E-state index is 10.8. The lowest BCUT2D eigenvalue weighted by Crippen LogP contribution is -2.38. The molecular weight excluding hydrogens is 298 g/mol. The third-order valence-corrected chi connectivity index (χ3v) is 3.90. The molecule has 1 aromatic rings. The van der Waals surface area contributed by atoms with E-state index >= 15 is 0 Å². The summed E-state index contributed by atoms with van der Waals surface area (Å²) < 4.78 is 21.7. The van der Waals surface area contributed by atoms with E-state index < -0.39 is 10.0 Å². The average Bonchev–Trinajstić information content (AvgIpc) is 2.73. The molecule has 0 spiro atoms. The minimum absolute atomic E-state index is 0.143. The number of aryl methyl sites for hydroxylation is 1. The van der Waals surface area contributed by atoms with Crippen LogP contribution < -0.4 is 15.8 Å². The number of aliphatic imine (C=N–C) groups is 1. The van der Waals surface area contributed by atoms with Crippen LogP contribution in [0.4, 0.5) is 0 Å². The molecule has 0 unspecified atom stereocenters. The number of nitrogens with zero attached hydrogens (tertiary/aromatic N) is 2. The zero-order valence-electron chi connectivity index (χ0n) is 11.7. The van der Waals surface area contributed by atoms with Crippen molar-refractivity contribution in [2.75, 3.05) is 25.4 Å². The predicted octanol–water partition coefficient (Wildman–Crippen LogP) is -0.162. The van der Waals surface area contributed by atoms with Gasteiger partial charge in [-0.05, 0) is 13.8 Å². The molecule has 0 bridgehead atoms. The van der Waals surface area contributed by atoms with Crippen LogP contribution in [0.3, 0.4) is 0 Å². The molecule has 0 fully saturated rings. The fourth-order valence-corrected chi connectivity index (χ4v) is 2.45. The molecule has 0 atom stereocenters. The number of nitrogens with two attached hydrogens (primary N) is 1. The van der Waals surface area contributed by atoms with Gasteiger partial charge >= 0.3 is 0 Å². The number of hydrogen-bond donors (Lipinski definition) is 3. The molecule has 1 rings (SSSR count). The van der Waals surface area contributed by atoms with Crippen LogP contribution in [0.1, 0.15) is 17.6 Å². The van der Waals surface area contributed by atoms with E-state index in [1.54, 1.807) is 11.3 Å². The molecular formula is C11H21N5O2S2. The Morgan fingerprint density at radius 3 is 2.80 bits per heavy atom.